The fourth-order valence-electron chi connectivity index (χ4n) is 1.78. The zero-order valence-electron chi connectivity index (χ0n) is 10.7. The zero-order chi connectivity index (χ0) is 13.7. The molecular formula is C15H16FNOS. The number of halogens is 1. The minimum atomic E-state index is -0.224. The number of thioether (sulfide) groups is 1. The minimum Gasteiger partial charge on any atom is -0.497 e. The molecule has 0 saturated heterocycles. The third kappa shape index (κ3) is 3.72. The first-order chi connectivity index (χ1) is 9.22. The Bertz CT molecular complexity index is 560. The molecule has 0 radical (unpaired) electrons. The van der Waals surface area contributed by atoms with E-state index in [0.717, 1.165) is 21.8 Å². The standard InChI is InChI=1S/C15H16FNOS/c1-18-14-3-2-4-15(8-14)19-10-12-7-13(16)6-5-11(12)9-17/h2-8H,9-10,17H2,1H3. The zero-order valence-corrected chi connectivity index (χ0v) is 11.5. The predicted molar refractivity (Wildman–Crippen MR) is 76.8 cm³/mol. The van der Waals surface area contributed by atoms with Crippen molar-refractivity contribution in [1.82, 2.24) is 0 Å². The summed E-state index contributed by atoms with van der Waals surface area (Å²) in [5, 5.41) is 0. The van der Waals surface area contributed by atoms with Crippen LogP contribution in [0.2, 0.25) is 0 Å². The van der Waals surface area contributed by atoms with Crippen molar-refractivity contribution >= 4 is 11.8 Å². The van der Waals surface area contributed by atoms with E-state index in [1.165, 1.54) is 6.07 Å². The lowest BCUT2D eigenvalue weighted by Crippen LogP contribution is -2.01. The van der Waals surface area contributed by atoms with Crippen LogP contribution in [0.4, 0.5) is 4.39 Å². The van der Waals surface area contributed by atoms with E-state index in [1.807, 2.05) is 24.3 Å². The molecular weight excluding hydrogens is 261 g/mol. The van der Waals surface area contributed by atoms with Crippen LogP contribution >= 0.6 is 11.8 Å². The van der Waals surface area contributed by atoms with Crippen LogP contribution < -0.4 is 10.5 Å². The molecule has 0 aliphatic heterocycles. The summed E-state index contributed by atoms with van der Waals surface area (Å²) in [5.41, 5.74) is 7.59. The maximum absolute atomic E-state index is 13.3. The molecule has 2 rings (SSSR count). The predicted octanol–water partition coefficient (Wildman–Crippen LogP) is 3.59. The van der Waals surface area contributed by atoms with Gasteiger partial charge in [-0.15, -0.1) is 11.8 Å². The second-order valence-electron chi connectivity index (χ2n) is 4.08. The van der Waals surface area contributed by atoms with Crippen molar-refractivity contribution in [3.05, 3.63) is 59.4 Å². The van der Waals surface area contributed by atoms with Crippen molar-refractivity contribution in [2.45, 2.75) is 17.2 Å². The quantitative estimate of drug-likeness (QED) is 0.848. The van der Waals surface area contributed by atoms with E-state index in [9.17, 15) is 4.39 Å². The Labute approximate surface area is 116 Å². The van der Waals surface area contributed by atoms with Gasteiger partial charge in [-0.05, 0) is 41.5 Å². The van der Waals surface area contributed by atoms with Crippen molar-refractivity contribution < 1.29 is 9.13 Å². The monoisotopic (exact) mass is 277 g/mol. The lowest BCUT2D eigenvalue weighted by atomic mass is 10.1. The smallest absolute Gasteiger partial charge is 0.123 e. The lowest BCUT2D eigenvalue weighted by molar-refractivity contribution is 0.413. The highest BCUT2D eigenvalue weighted by molar-refractivity contribution is 7.98. The molecule has 100 valence electrons. The molecule has 2 aromatic carbocycles. The topological polar surface area (TPSA) is 35.2 Å². The first-order valence-corrected chi connectivity index (χ1v) is 6.95. The molecule has 0 amide bonds. The van der Waals surface area contributed by atoms with Crippen LogP contribution in [0, 0.1) is 5.82 Å². The summed E-state index contributed by atoms with van der Waals surface area (Å²) < 4.78 is 18.4. The van der Waals surface area contributed by atoms with Gasteiger partial charge in [0, 0.05) is 17.2 Å². The van der Waals surface area contributed by atoms with Crippen molar-refractivity contribution in [2.24, 2.45) is 5.73 Å². The van der Waals surface area contributed by atoms with Gasteiger partial charge in [0.15, 0.2) is 0 Å². The number of nitrogens with two attached hydrogens (primary N) is 1. The average molecular weight is 277 g/mol. The Hall–Kier alpha value is -1.52. The fraction of sp³-hybridized carbons (Fsp3) is 0.200. The molecule has 0 aliphatic carbocycles. The average Bonchev–Trinajstić information content (AvgIpc) is 2.45. The summed E-state index contributed by atoms with van der Waals surface area (Å²) in [6.45, 7) is 0.425. The first kappa shape index (κ1) is 13.9. The minimum absolute atomic E-state index is 0.224. The normalized spacial score (nSPS) is 10.5. The number of hydrogen-bond donors (Lipinski definition) is 1. The number of ether oxygens (including phenoxy) is 1. The molecule has 0 bridgehead atoms. The largest absolute Gasteiger partial charge is 0.497 e. The Morgan fingerprint density at radius 2 is 2.00 bits per heavy atom. The Morgan fingerprint density at radius 1 is 1.16 bits per heavy atom. The van der Waals surface area contributed by atoms with Gasteiger partial charge in [0.1, 0.15) is 11.6 Å². The molecule has 0 aromatic heterocycles. The lowest BCUT2D eigenvalue weighted by Gasteiger charge is -2.08. The van der Waals surface area contributed by atoms with E-state index in [-0.39, 0.29) is 5.82 Å². The molecule has 0 saturated carbocycles. The van der Waals surface area contributed by atoms with Gasteiger partial charge in [-0.1, -0.05) is 12.1 Å². The van der Waals surface area contributed by atoms with Gasteiger partial charge in [0.05, 0.1) is 7.11 Å². The Kier molecular flexibility index (Phi) is 4.82. The summed E-state index contributed by atoms with van der Waals surface area (Å²) in [4.78, 5) is 1.09. The van der Waals surface area contributed by atoms with E-state index in [1.54, 1.807) is 31.0 Å². The molecule has 0 spiro atoms. The summed E-state index contributed by atoms with van der Waals surface area (Å²) in [5.74, 6) is 1.29. The Morgan fingerprint density at radius 3 is 2.74 bits per heavy atom. The molecule has 0 aliphatic rings. The summed E-state index contributed by atoms with van der Waals surface area (Å²) in [7, 11) is 1.64. The van der Waals surface area contributed by atoms with E-state index < -0.39 is 0 Å². The van der Waals surface area contributed by atoms with Crippen molar-refractivity contribution in [3.63, 3.8) is 0 Å². The van der Waals surface area contributed by atoms with Crippen LogP contribution in [0.25, 0.3) is 0 Å². The maximum Gasteiger partial charge on any atom is 0.123 e. The molecule has 0 heterocycles. The van der Waals surface area contributed by atoms with Crippen LogP contribution in [-0.2, 0) is 12.3 Å². The highest BCUT2D eigenvalue weighted by Gasteiger charge is 2.04. The van der Waals surface area contributed by atoms with Crippen LogP contribution in [0.15, 0.2) is 47.4 Å². The van der Waals surface area contributed by atoms with Crippen molar-refractivity contribution in [2.75, 3.05) is 7.11 Å². The summed E-state index contributed by atoms with van der Waals surface area (Å²) in [6, 6.07) is 12.6. The summed E-state index contributed by atoms with van der Waals surface area (Å²) in [6.07, 6.45) is 0. The van der Waals surface area contributed by atoms with Crippen LogP contribution in [0.3, 0.4) is 0 Å². The van der Waals surface area contributed by atoms with Gasteiger partial charge >= 0.3 is 0 Å². The van der Waals surface area contributed by atoms with E-state index in [0.29, 0.717) is 12.3 Å². The Balaban J connectivity index is 2.11. The number of rotatable bonds is 5. The van der Waals surface area contributed by atoms with Gasteiger partial charge < -0.3 is 10.5 Å². The van der Waals surface area contributed by atoms with Crippen LogP contribution in [0.5, 0.6) is 5.75 Å². The molecule has 0 atom stereocenters. The van der Waals surface area contributed by atoms with E-state index in [2.05, 4.69) is 0 Å². The van der Waals surface area contributed by atoms with Crippen LogP contribution in [0.1, 0.15) is 11.1 Å². The fourth-order valence-corrected chi connectivity index (χ4v) is 2.75. The van der Waals surface area contributed by atoms with Gasteiger partial charge in [-0.25, -0.2) is 4.39 Å². The molecule has 0 fully saturated rings. The van der Waals surface area contributed by atoms with Gasteiger partial charge in [-0.2, -0.15) is 0 Å². The van der Waals surface area contributed by atoms with E-state index in [4.69, 9.17) is 10.5 Å². The SMILES string of the molecule is COc1cccc(SCc2cc(F)ccc2CN)c1. The summed E-state index contributed by atoms with van der Waals surface area (Å²) >= 11 is 1.64. The molecule has 0 unspecified atom stereocenters. The number of benzene rings is 2. The van der Waals surface area contributed by atoms with Crippen LogP contribution in [-0.4, -0.2) is 7.11 Å². The van der Waals surface area contributed by atoms with E-state index >= 15 is 0 Å². The third-order valence-electron chi connectivity index (χ3n) is 2.82. The third-order valence-corrected chi connectivity index (χ3v) is 3.87. The molecule has 2 aromatic rings. The molecule has 19 heavy (non-hydrogen) atoms. The second-order valence-corrected chi connectivity index (χ2v) is 5.13. The molecule has 4 heteroatoms. The molecule has 2 nitrogen and oxygen atoms in total. The maximum atomic E-state index is 13.3. The highest BCUT2D eigenvalue weighted by Crippen LogP contribution is 2.27. The first-order valence-electron chi connectivity index (χ1n) is 5.97. The van der Waals surface area contributed by atoms with Gasteiger partial charge in [0.2, 0.25) is 0 Å². The van der Waals surface area contributed by atoms with Gasteiger partial charge in [0.25, 0.3) is 0 Å². The number of methoxy groups -OCH3 is 1. The molecule has 2 N–H and O–H groups in total. The van der Waals surface area contributed by atoms with Crippen molar-refractivity contribution in [3.8, 4) is 5.75 Å². The highest BCUT2D eigenvalue weighted by atomic mass is 32.2. The van der Waals surface area contributed by atoms with Gasteiger partial charge in [-0.3, -0.25) is 0 Å². The second kappa shape index (κ2) is 6.59. The number of hydrogen-bond acceptors (Lipinski definition) is 3. The van der Waals surface area contributed by atoms with Crippen molar-refractivity contribution in [1.29, 1.82) is 0 Å².